The van der Waals surface area contributed by atoms with E-state index in [0.29, 0.717) is 4.47 Å². The maximum Gasteiger partial charge on any atom is 0.255 e. The minimum atomic E-state index is -0.616. The maximum absolute atomic E-state index is 13.5. The highest BCUT2D eigenvalue weighted by Crippen LogP contribution is 2.25. The molecule has 4 N–H and O–H groups in total. The first-order valence-electron chi connectivity index (χ1n) is 5.32. The number of phenols is 1. The van der Waals surface area contributed by atoms with E-state index in [9.17, 15) is 14.3 Å². The second kappa shape index (κ2) is 5.27. The van der Waals surface area contributed by atoms with Crippen LogP contribution in [0.25, 0.3) is 0 Å². The van der Waals surface area contributed by atoms with Gasteiger partial charge < -0.3 is 16.2 Å². The van der Waals surface area contributed by atoms with Gasteiger partial charge in [0.05, 0.1) is 10.2 Å². The third-order valence-electron chi connectivity index (χ3n) is 2.45. The molecule has 0 unspecified atom stereocenters. The topological polar surface area (TPSA) is 75.3 Å². The predicted molar refractivity (Wildman–Crippen MR) is 74.6 cm³/mol. The minimum absolute atomic E-state index is 0.0293. The molecular formula is C13H10BrFN2O2. The second-order valence-electron chi connectivity index (χ2n) is 3.86. The van der Waals surface area contributed by atoms with Crippen molar-refractivity contribution in [2.75, 3.05) is 11.1 Å². The summed E-state index contributed by atoms with van der Waals surface area (Å²) in [5.41, 5.74) is 5.94. The highest BCUT2D eigenvalue weighted by molar-refractivity contribution is 9.10. The van der Waals surface area contributed by atoms with Gasteiger partial charge in [-0.05, 0) is 52.3 Å². The molecule has 0 heterocycles. The Morgan fingerprint density at radius 1 is 1.26 bits per heavy atom. The highest BCUT2D eigenvalue weighted by atomic mass is 79.9. The Labute approximate surface area is 117 Å². The van der Waals surface area contributed by atoms with Crippen LogP contribution in [0.5, 0.6) is 5.75 Å². The monoisotopic (exact) mass is 324 g/mol. The number of phenolic OH excluding ortho intramolecular Hbond substituents is 1. The summed E-state index contributed by atoms with van der Waals surface area (Å²) >= 11 is 3.11. The summed E-state index contributed by atoms with van der Waals surface area (Å²) in [6, 6.07) is 8.31. The zero-order valence-corrected chi connectivity index (χ0v) is 11.2. The molecule has 2 aromatic carbocycles. The average molecular weight is 325 g/mol. The first-order valence-corrected chi connectivity index (χ1v) is 6.11. The summed E-state index contributed by atoms with van der Waals surface area (Å²) in [7, 11) is 0. The van der Waals surface area contributed by atoms with E-state index in [1.165, 1.54) is 30.3 Å². The number of nitrogens with one attached hydrogen (secondary N) is 1. The van der Waals surface area contributed by atoms with Crippen molar-refractivity contribution in [1.82, 2.24) is 0 Å². The summed E-state index contributed by atoms with van der Waals surface area (Å²) < 4.78 is 14.0. The van der Waals surface area contributed by atoms with Crippen molar-refractivity contribution in [3.8, 4) is 5.75 Å². The van der Waals surface area contributed by atoms with Crippen molar-refractivity contribution < 1.29 is 14.3 Å². The summed E-state index contributed by atoms with van der Waals surface area (Å²) in [4.78, 5) is 11.9. The molecule has 0 saturated carbocycles. The Morgan fingerprint density at radius 2 is 2.00 bits per heavy atom. The minimum Gasteiger partial charge on any atom is -0.507 e. The number of aromatic hydroxyl groups is 1. The lowest BCUT2D eigenvalue weighted by atomic mass is 10.2. The number of benzene rings is 2. The molecule has 0 aliphatic heterocycles. The van der Waals surface area contributed by atoms with Crippen molar-refractivity contribution >= 4 is 33.2 Å². The predicted octanol–water partition coefficient (Wildman–Crippen LogP) is 3.13. The van der Waals surface area contributed by atoms with Crippen LogP contribution in [0.1, 0.15) is 10.4 Å². The summed E-state index contributed by atoms with van der Waals surface area (Å²) in [6.45, 7) is 0. The van der Waals surface area contributed by atoms with E-state index in [1.54, 1.807) is 0 Å². The molecule has 1 amide bonds. The number of nitrogen functional groups attached to an aromatic ring is 1. The van der Waals surface area contributed by atoms with Crippen molar-refractivity contribution in [2.24, 2.45) is 0 Å². The Kier molecular flexibility index (Phi) is 3.71. The molecule has 0 aliphatic rings. The van der Waals surface area contributed by atoms with Crippen molar-refractivity contribution in [1.29, 1.82) is 0 Å². The van der Waals surface area contributed by atoms with Gasteiger partial charge in [0.1, 0.15) is 11.6 Å². The number of hydrogen-bond acceptors (Lipinski definition) is 3. The van der Waals surface area contributed by atoms with Gasteiger partial charge in [0.15, 0.2) is 0 Å². The molecule has 19 heavy (non-hydrogen) atoms. The van der Waals surface area contributed by atoms with Crippen molar-refractivity contribution in [2.45, 2.75) is 0 Å². The van der Waals surface area contributed by atoms with Crippen LogP contribution in [0.3, 0.4) is 0 Å². The number of rotatable bonds is 2. The standard InChI is InChI=1S/C13H10BrFN2O2/c14-9-3-1-7(5-12(9)18)13(19)17-11-4-2-8(16)6-10(11)15/h1-6,18H,16H2,(H,17,19). The van der Waals surface area contributed by atoms with E-state index in [2.05, 4.69) is 21.2 Å². The third kappa shape index (κ3) is 3.03. The SMILES string of the molecule is Nc1ccc(NC(=O)c2ccc(Br)c(O)c2)c(F)c1. The lowest BCUT2D eigenvalue weighted by molar-refractivity contribution is 0.102. The number of carbonyl (C=O) groups is 1. The third-order valence-corrected chi connectivity index (χ3v) is 3.12. The van der Waals surface area contributed by atoms with Crippen LogP contribution in [0.4, 0.5) is 15.8 Å². The maximum atomic E-state index is 13.5. The van der Waals surface area contributed by atoms with Crippen LogP contribution in [0, 0.1) is 5.82 Å². The number of halogens is 2. The van der Waals surface area contributed by atoms with Gasteiger partial charge >= 0.3 is 0 Å². The van der Waals surface area contributed by atoms with Gasteiger partial charge in [-0.25, -0.2) is 4.39 Å². The lowest BCUT2D eigenvalue weighted by Crippen LogP contribution is -2.13. The fourth-order valence-corrected chi connectivity index (χ4v) is 1.73. The van der Waals surface area contributed by atoms with Gasteiger partial charge in [-0.15, -0.1) is 0 Å². The van der Waals surface area contributed by atoms with Crippen LogP contribution in [-0.2, 0) is 0 Å². The molecule has 0 atom stereocenters. The molecule has 98 valence electrons. The van der Waals surface area contributed by atoms with Crippen LogP contribution in [0.2, 0.25) is 0 Å². The number of anilines is 2. The molecule has 0 bridgehead atoms. The van der Waals surface area contributed by atoms with Crippen molar-refractivity contribution in [3.63, 3.8) is 0 Å². The van der Waals surface area contributed by atoms with Crippen molar-refractivity contribution in [3.05, 3.63) is 52.3 Å². The number of carbonyl (C=O) groups excluding carboxylic acids is 1. The highest BCUT2D eigenvalue weighted by Gasteiger charge is 2.11. The van der Waals surface area contributed by atoms with Crippen LogP contribution >= 0.6 is 15.9 Å². The Balaban J connectivity index is 2.23. The molecule has 0 aliphatic carbocycles. The fourth-order valence-electron chi connectivity index (χ4n) is 1.48. The van der Waals surface area contributed by atoms with Gasteiger partial charge in [-0.3, -0.25) is 4.79 Å². The lowest BCUT2D eigenvalue weighted by Gasteiger charge is -2.07. The van der Waals surface area contributed by atoms with Gasteiger partial charge in [-0.2, -0.15) is 0 Å². The quantitative estimate of drug-likeness (QED) is 0.743. The zero-order valence-electron chi connectivity index (χ0n) is 9.65. The van der Waals surface area contributed by atoms with E-state index < -0.39 is 11.7 Å². The van der Waals surface area contributed by atoms with Gasteiger partial charge in [-0.1, -0.05) is 0 Å². The smallest absolute Gasteiger partial charge is 0.255 e. The normalized spacial score (nSPS) is 10.2. The molecule has 0 aromatic heterocycles. The fraction of sp³-hybridized carbons (Fsp3) is 0. The molecule has 2 aromatic rings. The molecule has 0 spiro atoms. The molecule has 0 fully saturated rings. The molecular weight excluding hydrogens is 315 g/mol. The largest absolute Gasteiger partial charge is 0.507 e. The van der Waals surface area contributed by atoms with E-state index >= 15 is 0 Å². The molecule has 0 radical (unpaired) electrons. The van der Waals surface area contributed by atoms with E-state index in [4.69, 9.17) is 5.73 Å². The average Bonchev–Trinajstić information content (AvgIpc) is 2.36. The van der Waals surface area contributed by atoms with E-state index in [-0.39, 0.29) is 22.7 Å². The summed E-state index contributed by atoms with van der Waals surface area (Å²) in [5, 5.41) is 11.9. The zero-order chi connectivity index (χ0) is 14.0. The van der Waals surface area contributed by atoms with Gasteiger partial charge in [0, 0.05) is 11.3 Å². The molecule has 4 nitrogen and oxygen atoms in total. The first kappa shape index (κ1) is 13.4. The van der Waals surface area contributed by atoms with E-state index in [0.717, 1.165) is 6.07 Å². The molecule has 2 rings (SSSR count). The Hall–Kier alpha value is -2.08. The van der Waals surface area contributed by atoms with Crippen LogP contribution < -0.4 is 11.1 Å². The summed E-state index contributed by atoms with van der Waals surface area (Å²) in [6.07, 6.45) is 0. The molecule has 6 heteroatoms. The number of nitrogens with two attached hydrogens (primary N) is 1. The van der Waals surface area contributed by atoms with E-state index in [1.807, 2.05) is 0 Å². The van der Waals surface area contributed by atoms with Crippen LogP contribution in [-0.4, -0.2) is 11.0 Å². The number of hydrogen-bond donors (Lipinski definition) is 3. The van der Waals surface area contributed by atoms with Gasteiger partial charge in [0.2, 0.25) is 0 Å². The molecule has 0 saturated heterocycles. The second-order valence-corrected chi connectivity index (χ2v) is 4.71. The Morgan fingerprint density at radius 3 is 2.63 bits per heavy atom. The first-order chi connectivity index (χ1) is 8.97. The Bertz CT molecular complexity index is 647. The number of amides is 1. The van der Waals surface area contributed by atoms with Gasteiger partial charge in [0.25, 0.3) is 5.91 Å². The summed E-state index contributed by atoms with van der Waals surface area (Å²) in [5.74, 6) is -1.20. The van der Waals surface area contributed by atoms with Crippen LogP contribution in [0.15, 0.2) is 40.9 Å².